The lowest BCUT2D eigenvalue weighted by Crippen LogP contribution is -2.41. The summed E-state index contributed by atoms with van der Waals surface area (Å²) in [6.45, 7) is 1.73. The minimum absolute atomic E-state index is 0.0741. The summed E-state index contributed by atoms with van der Waals surface area (Å²) in [6, 6.07) is 6.68. The molecule has 1 aliphatic carbocycles. The molecule has 0 heterocycles. The van der Waals surface area contributed by atoms with E-state index in [-0.39, 0.29) is 11.7 Å². The maximum atomic E-state index is 11.9. The lowest BCUT2D eigenvalue weighted by Gasteiger charge is -2.18. The van der Waals surface area contributed by atoms with E-state index in [4.69, 9.17) is 9.84 Å². The molecular formula is C14H19NO3. The number of amides is 1. The predicted molar refractivity (Wildman–Crippen MR) is 68.6 cm³/mol. The molecule has 0 aliphatic heterocycles. The molecule has 0 aromatic heterocycles. The molecule has 0 saturated heterocycles. The largest absolute Gasteiger partial charge is 0.508 e. The van der Waals surface area contributed by atoms with Gasteiger partial charge in [0.25, 0.3) is 5.91 Å². The van der Waals surface area contributed by atoms with Gasteiger partial charge >= 0.3 is 0 Å². The summed E-state index contributed by atoms with van der Waals surface area (Å²) >= 11 is 0. The van der Waals surface area contributed by atoms with Crippen LogP contribution in [0.2, 0.25) is 0 Å². The molecule has 1 fully saturated rings. The highest BCUT2D eigenvalue weighted by molar-refractivity contribution is 5.81. The van der Waals surface area contributed by atoms with Crippen LogP contribution < -0.4 is 10.1 Å². The average molecular weight is 249 g/mol. The zero-order chi connectivity index (χ0) is 13.0. The second-order valence-electron chi connectivity index (χ2n) is 4.74. The highest BCUT2D eigenvalue weighted by atomic mass is 16.5. The van der Waals surface area contributed by atoms with E-state index in [2.05, 4.69) is 5.32 Å². The summed E-state index contributed by atoms with van der Waals surface area (Å²) in [5.74, 6) is 0.697. The average Bonchev–Trinajstić information content (AvgIpc) is 2.85. The van der Waals surface area contributed by atoms with Gasteiger partial charge in [0.2, 0.25) is 0 Å². The first-order chi connectivity index (χ1) is 8.65. The van der Waals surface area contributed by atoms with E-state index in [0.29, 0.717) is 11.8 Å². The molecule has 2 rings (SSSR count). The third kappa shape index (κ3) is 3.39. The Bertz CT molecular complexity index is 396. The molecule has 0 radical (unpaired) electrons. The van der Waals surface area contributed by atoms with Crippen molar-refractivity contribution in [2.45, 2.75) is 44.8 Å². The fraction of sp³-hybridized carbons (Fsp3) is 0.500. The number of hydrogen-bond donors (Lipinski definition) is 2. The van der Waals surface area contributed by atoms with E-state index in [1.807, 2.05) is 0 Å². The molecule has 98 valence electrons. The third-order valence-corrected chi connectivity index (χ3v) is 3.22. The van der Waals surface area contributed by atoms with Crippen LogP contribution >= 0.6 is 0 Å². The molecule has 1 amide bonds. The highest BCUT2D eigenvalue weighted by Gasteiger charge is 2.21. The van der Waals surface area contributed by atoms with Gasteiger partial charge in [-0.05, 0) is 44.0 Å². The summed E-state index contributed by atoms with van der Waals surface area (Å²) in [6.07, 6.45) is 4.00. The zero-order valence-corrected chi connectivity index (χ0v) is 10.6. The van der Waals surface area contributed by atoms with Crippen LogP contribution in [-0.2, 0) is 4.79 Å². The van der Waals surface area contributed by atoms with Crippen LogP contribution in [0.15, 0.2) is 24.3 Å². The van der Waals surface area contributed by atoms with Crippen molar-refractivity contribution in [2.75, 3.05) is 0 Å². The van der Waals surface area contributed by atoms with Crippen molar-refractivity contribution in [3.05, 3.63) is 24.3 Å². The number of nitrogens with one attached hydrogen (secondary N) is 1. The summed E-state index contributed by atoms with van der Waals surface area (Å²) in [5.41, 5.74) is 0. The van der Waals surface area contributed by atoms with E-state index in [0.717, 1.165) is 12.8 Å². The van der Waals surface area contributed by atoms with Gasteiger partial charge < -0.3 is 15.2 Å². The fourth-order valence-electron chi connectivity index (χ4n) is 2.17. The second kappa shape index (κ2) is 5.76. The molecule has 1 saturated carbocycles. The van der Waals surface area contributed by atoms with Crippen LogP contribution in [0, 0.1) is 0 Å². The number of ether oxygens (including phenoxy) is 1. The zero-order valence-electron chi connectivity index (χ0n) is 10.6. The maximum absolute atomic E-state index is 11.9. The first kappa shape index (κ1) is 12.7. The molecule has 1 atom stereocenters. The van der Waals surface area contributed by atoms with Crippen LogP contribution in [0.4, 0.5) is 0 Å². The normalized spacial score (nSPS) is 17.4. The molecule has 0 bridgehead atoms. The van der Waals surface area contributed by atoms with Crippen molar-refractivity contribution in [1.82, 2.24) is 5.32 Å². The van der Waals surface area contributed by atoms with Gasteiger partial charge in [0.05, 0.1) is 0 Å². The van der Waals surface area contributed by atoms with Crippen molar-refractivity contribution in [3.8, 4) is 11.5 Å². The topological polar surface area (TPSA) is 58.6 Å². The van der Waals surface area contributed by atoms with Gasteiger partial charge in [-0.1, -0.05) is 12.8 Å². The summed E-state index contributed by atoms with van der Waals surface area (Å²) in [5, 5.41) is 12.2. The molecule has 1 aliphatic rings. The van der Waals surface area contributed by atoms with E-state index < -0.39 is 6.10 Å². The van der Waals surface area contributed by atoms with Crippen molar-refractivity contribution >= 4 is 5.91 Å². The number of carbonyl (C=O) groups excluding carboxylic acids is 1. The van der Waals surface area contributed by atoms with E-state index >= 15 is 0 Å². The van der Waals surface area contributed by atoms with Crippen molar-refractivity contribution < 1.29 is 14.6 Å². The van der Waals surface area contributed by atoms with E-state index in [1.165, 1.54) is 25.0 Å². The van der Waals surface area contributed by atoms with E-state index in [9.17, 15) is 4.79 Å². The number of rotatable bonds is 4. The Morgan fingerprint density at radius 3 is 2.56 bits per heavy atom. The third-order valence-electron chi connectivity index (χ3n) is 3.22. The second-order valence-corrected chi connectivity index (χ2v) is 4.74. The standard InChI is InChI=1S/C14H19NO3/c1-10(14(17)15-11-4-2-3-5-11)18-13-8-6-12(16)7-9-13/h6-11,16H,2-5H2,1H3,(H,15,17). The van der Waals surface area contributed by atoms with Gasteiger partial charge in [0.15, 0.2) is 6.10 Å². The van der Waals surface area contributed by atoms with Crippen LogP contribution in [0.5, 0.6) is 11.5 Å². The monoisotopic (exact) mass is 249 g/mol. The van der Waals surface area contributed by atoms with Gasteiger partial charge in [-0.15, -0.1) is 0 Å². The number of phenolic OH excluding ortho intramolecular Hbond substituents is 1. The Morgan fingerprint density at radius 2 is 1.94 bits per heavy atom. The fourth-order valence-corrected chi connectivity index (χ4v) is 2.17. The molecule has 1 aromatic carbocycles. The summed E-state index contributed by atoms with van der Waals surface area (Å²) in [4.78, 5) is 11.9. The molecule has 1 unspecified atom stereocenters. The molecule has 18 heavy (non-hydrogen) atoms. The lowest BCUT2D eigenvalue weighted by molar-refractivity contribution is -0.127. The van der Waals surface area contributed by atoms with Gasteiger partial charge in [0.1, 0.15) is 11.5 Å². The van der Waals surface area contributed by atoms with Crippen LogP contribution in [0.25, 0.3) is 0 Å². The van der Waals surface area contributed by atoms with Gasteiger partial charge in [-0.2, -0.15) is 0 Å². The minimum atomic E-state index is -0.518. The Hall–Kier alpha value is -1.71. The number of carbonyl (C=O) groups is 1. The number of phenols is 1. The summed E-state index contributed by atoms with van der Waals surface area (Å²) in [7, 11) is 0. The number of hydrogen-bond acceptors (Lipinski definition) is 3. The molecule has 0 spiro atoms. The predicted octanol–water partition coefficient (Wildman–Crippen LogP) is 2.22. The van der Waals surface area contributed by atoms with Crippen LogP contribution in [0.3, 0.4) is 0 Å². The minimum Gasteiger partial charge on any atom is -0.508 e. The highest BCUT2D eigenvalue weighted by Crippen LogP contribution is 2.19. The Labute approximate surface area is 107 Å². The molecular weight excluding hydrogens is 230 g/mol. The van der Waals surface area contributed by atoms with Crippen molar-refractivity contribution in [3.63, 3.8) is 0 Å². The van der Waals surface area contributed by atoms with Crippen molar-refractivity contribution in [1.29, 1.82) is 0 Å². The first-order valence-corrected chi connectivity index (χ1v) is 6.41. The van der Waals surface area contributed by atoms with Gasteiger partial charge in [-0.25, -0.2) is 0 Å². The van der Waals surface area contributed by atoms with Gasteiger partial charge in [0, 0.05) is 6.04 Å². The molecule has 1 aromatic rings. The molecule has 4 heteroatoms. The molecule has 4 nitrogen and oxygen atoms in total. The quantitative estimate of drug-likeness (QED) is 0.860. The van der Waals surface area contributed by atoms with Crippen molar-refractivity contribution in [2.24, 2.45) is 0 Å². The summed E-state index contributed by atoms with van der Waals surface area (Å²) < 4.78 is 5.52. The number of aromatic hydroxyl groups is 1. The van der Waals surface area contributed by atoms with Crippen LogP contribution in [0.1, 0.15) is 32.6 Å². The first-order valence-electron chi connectivity index (χ1n) is 6.41. The Morgan fingerprint density at radius 1 is 1.33 bits per heavy atom. The maximum Gasteiger partial charge on any atom is 0.260 e. The van der Waals surface area contributed by atoms with Gasteiger partial charge in [-0.3, -0.25) is 4.79 Å². The van der Waals surface area contributed by atoms with E-state index in [1.54, 1.807) is 19.1 Å². The SMILES string of the molecule is CC(Oc1ccc(O)cc1)C(=O)NC1CCCC1. The smallest absolute Gasteiger partial charge is 0.260 e. The lowest BCUT2D eigenvalue weighted by atomic mass is 10.2. The van der Waals surface area contributed by atoms with Crippen LogP contribution in [-0.4, -0.2) is 23.2 Å². The molecule has 2 N–H and O–H groups in total. The Kier molecular flexibility index (Phi) is 4.07. The Balaban J connectivity index is 1.84. The number of benzene rings is 1.